The van der Waals surface area contributed by atoms with E-state index in [9.17, 15) is 9.59 Å². The topological polar surface area (TPSA) is 72.8 Å². The maximum absolute atomic E-state index is 11.0. The summed E-state index contributed by atoms with van der Waals surface area (Å²) < 4.78 is 9.05. The summed E-state index contributed by atoms with van der Waals surface area (Å²) in [6, 6.07) is 0. The van der Waals surface area contributed by atoms with Crippen molar-refractivity contribution < 1.29 is 24.2 Å². The molecule has 0 aromatic heterocycles. The molecule has 0 saturated heterocycles. The highest BCUT2D eigenvalue weighted by Crippen LogP contribution is 2.01. The third-order valence-corrected chi connectivity index (χ3v) is 1.25. The van der Waals surface area contributed by atoms with Crippen LogP contribution in [0.2, 0.25) is 0 Å². The summed E-state index contributed by atoms with van der Waals surface area (Å²) >= 11 is 0. The summed E-state index contributed by atoms with van der Waals surface area (Å²) in [6.45, 7) is 7.46. The van der Waals surface area contributed by atoms with Crippen LogP contribution in [0.15, 0.2) is 12.2 Å². The van der Waals surface area contributed by atoms with Gasteiger partial charge in [0.25, 0.3) is 0 Å². The predicted octanol–water partition coefficient (Wildman–Crippen LogP) is 0.376. The fourth-order valence-electron chi connectivity index (χ4n) is 0.573. The highest BCUT2D eigenvalue weighted by Gasteiger charge is 2.20. The lowest BCUT2D eigenvalue weighted by Gasteiger charge is -2.13. The van der Waals surface area contributed by atoms with Crippen molar-refractivity contribution in [1.29, 1.82) is 0 Å². The molecule has 5 nitrogen and oxygen atoms in total. The number of hydrogen-bond acceptors (Lipinski definition) is 5. The number of carbonyl (C=O) groups is 2. The monoisotopic (exact) mass is 202 g/mol. The lowest BCUT2D eigenvalue weighted by molar-refractivity contribution is -0.180. The second-order valence-electron chi connectivity index (χ2n) is 2.86. The Bertz CT molecular complexity index is 244. The Labute approximate surface area is 82.3 Å². The molecule has 0 heterocycles. The summed E-state index contributed by atoms with van der Waals surface area (Å²) in [6.07, 6.45) is -2.26. The molecule has 0 saturated carbocycles. The van der Waals surface area contributed by atoms with Gasteiger partial charge in [0.05, 0.1) is 0 Å². The number of esters is 2. The Balaban J connectivity index is 4.08. The molecule has 0 fully saturated rings. The van der Waals surface area contributed by atoms with Crippen LogP contribution in [0.25, 0.3) is 0 Å². The van der Waals surface area contributed by atoms with E-state index in [1.165, 1.54) is 20.8 Å². The second kappa shape index (κ2) is 5.39. The standard InChI is InChI=1S/C9H14O5/c1-5(2)8(11)13-6(3)9(12)14-7(4)10/h6-7,10H,1H2,2-4H3. The van der Waals surface area contributed by atoms with Gasteiger partial charge in [0, 0.05) is 5.57 Å². The molecule has 2 unspecified atom stereocenters. The maximum atomic E-state index is 11.0. The van der Waals surface area contributed by atoms with E-state index < -0.39 is 24.3 Å². The Morgan fingerprint density at radius 3 is 2.14 bits per heavy atom. The van der Waals surface area contributed by atoms with E-state index in [1.807, 2.05) is 0 Å². The van der Waals surface area contributed by atoms with Crippen LogP contribution < -0.4 is 0 Å². The minimum atomic E-state index is -1.21. The van der Waals surface area contributed by atoms with Crippen molar-refractivity contribution in [2.45, 2.75) is 33.2 Å². The van der Waals surface area contributed by atoms with E-state index in [1.54, 1.807) is 0 Å². The van der Waals surface area contributed by atoms with Crippen molar-refractivity contribution in [3.8, 4) is 0 Å². The number of rotatable bonds is 4. The largest absolute Gasteiger partial charge is 0.447 e. The molecular formula is C9H14O5. The van der Waals surface area contributed by atoms with Crippen molar-refractivity contribution in [2.24, 2.45) is 0 Å². The molecule has 14 heavy (non-hydrogen) atoms. The lowest BCUT2D eigenvalue weighted by atomic mass is 10.3. The number of aliphatic hydroxyl groups is 1. The lowest BCUT2D eigenvalue weighted by Crippen LogP contribution is -2.29. The third-order valence-electron chi connectivity index (χ3n) is 1.25. The SMILES string of the molecule is C=C(C)C(=O)OC(C)C(=O)OC(C)O. The number of ether oxygens (including phenoxy) is 2. The first-order valence-electron chi connectivity index (χ1n) is 4.09. The van der Waals surface area contributed by atoms with E-state index >= 15 is 0 Å². The summed E-state index contributed by atoms with van der Waals surface area (Å²) in [5, 5.41) is 8.71. The van der Waals surface area contributed by atoms with Gasteiger partial charge in [-0.3, -0.25) is 0 Å². The normalized spacial score (nSPS) is 14.0. The Morgan fingerprint density at radius 1 is 1.29 bits per heavy atom. The maximum Gasteiger partial charge on any atom is 0.349 e. The van der Waals surface area contributed by atoms with Gasteiger partial charge < -0.3 is 14.6 Å². The van der Waals surface area contributed by atoms with E-state index in [0.29, 0.717) is 0 Å². The molecule has 1 N–H and O–H groups in total. The number of hydrogen-bond donors (Lipinski definition) is 1. The second-order valence-corrected chi connectivity index (χ2v) is 2.86. The van der Waals surface area contributed by atoms with Crippen molar-refractivity contribution >= 4 is 11.9 Å². The highest BCUT2D eigenvalue weighted by molar-refractivity contribution is 5.89. The van der Waals surface area contributed by atoms with E-state index in [-0.39, 0.29) is 5.57 Å². The molecule has 0 rings (SSSR count). The first-order valence-corrected chi connectivity index (χ1v) is 4.09. The molecular weight excluding hydrogens is 188 g/mol. The van der Waals surface area contributed by atoms with E-state index in [2.05, 4.69) is 16.1 Å². The van der Waals surface area contributed by atoms with Crippen LogP contribution in [-0.2, 0) is 19.1 Å². The highest BCUT2D eigenvalue weighted by atomic mass is 16.7. The fourth-order valence-corrected chi connectivity index (χ4v) is 0.573. The summed E-state index contributed by atoms with van der Waals surface area (Å²) in [5.74, 6) is -1.46. The van der Waals surface area contributed by atoms with Gasteiger partial charge in [-0.15, -0.1) is 0 Å². The van der Waals surface area contributed by atoms with Gasteiger partial charge in [-0.25, -0.2) is 9.59 Å². The van der Waals surface area contributed by atoms with Crippen LogP contribution in [0.1, 0.15) is 20.8 Å². The number of aliphatic hydroxyl groups excluding tert-OH is 1. The van der Waals surface area contributed by atoms with Crippen LogP contribution in [0.3, 0.4) is 0 Å². The quantitative estimate of drug-likeness (QED) is 0.405. The van der Waals surface area contributed by atoms with Crippen LogP contribution in [0.5, 0.6) is 0 Å². The minimum absolute atomic E-state index is 0.196. The van der Waals surface area contributed by atoms with E-state index in [4.69, 9.17) is 5.11 Å². The molecule has 0 aliphatic heterocycles. The van der Waals surface area contributed by atoms with Crippen LogP contribution in [0.4, 0.5) is 0 Å². The summed E-state index contributed by atoms with van der Waals surface area (Å²) in [5.41, 5.74) is 0.196. The molecule has 2 atom stereocenters. The van der Waals surface area contributed by atoms with Gasteiger partial charge in [0.1, 0.15) is 0 Å². The molecule has 0 radical (unpaired) electrons. The smallest absolute Gasteiger partial charge is 0.349 e. The van der Waals surface area contributed by atoms with Crippen LogP contribution >= 0.6 is 0 Å². The molecule has 80 valence electrons. The molecule has 0 bridgehead atoms. The predicted molar refractivity (Wildman–Crippen MR) is 48.1 cm³/mol. The van der Waals surface area contributed by atoms with Gasteiger partial charge in [-0.05, 0) is 20.8 Å². The zero-order chi connectivity index (χ0) is 11.3. The molecule has 0 aromatic rings. The Hall–Kier alpha value is -1.36. The molecule has 0 amide bonds. The van der Waals surface area contributed by atoms with Gasteiger partial charge in [0.15, 0.2) is 12.4 Å². The van der Waals surface area contributed by atoms with Crippen LogP contribution in [0, 0.1) is 0 Å². The molecule has 0 spiro atoms. The molecule has 5 heteroatoms. The zero-order valence-electron chi connectivity index (χ0n) is 8.44. The average Bonchev–Trinajstić information content (AvgIpc) is 2.02. The zero-order valence-corrected chi connectivity index (χ0v) is 8.44. The first-order chi connectivity index (χ1) is 6.34. The van der Waals surface area contributed by atoms with Gasteiger partial charge >= 0.3 is 11.9 Å². The first kappa shape index (κ1) is 12.6. The van der Waals surface area contributed by atoms with Gasteiger partial charge in [-0.2, -0.15) is 0 Å². The summed E-state index contributed by atoms with van der Waals surface area (Å²) in [7, 11) is 0. The van der Waals surface area contributed by atoms with E-state index in [0.717, 1.165) is 0 Å². The van der Waals surface area contributed by atoms with Gasteiger partial charge in [0.2, 0.25) is 0 Å². The fraction of sp³-hybridized carbons (Fsp3) is 0.556. The number of carbonyl (C=O) groups excluding carboxylic acids is 2. The molecule has 0 aliphatic carbocycles. The Morgan fingerprint density at radius 2 is 1.79 bits per heavy atom. The van der Waals surface area contributed by atoms with Gasteiger partial charge in [-0.1, -0.05) is 6.58 Å². The van der Waals surface area contributed by atoms with Crippen molar-refractivity contribution in [2.75, 3.05) is 0 Å². The third kappa shape index (κ3) is 4.61. The van der Waals surface area contributed by atoms with Crippen molar-refractivity contribution in [1.82, 2.24) is 0 Å². The molecule has 0 aliphatic rings. The van der Waals surface area contributed by atoms with Crippen molar-refractivity contribution in [3.63, 3.8) is 0 Å². The Kier molecular flexibility index (Phi) is 4.86. The minimum Gasteiger partial charge on any atom is -0.447 e. The van der Waals surface area contributed by atoms with Crippen LogP contribution in [-0.4, -0.2) is 29.4 Å². The average molecular weight is 202 g/mol. The van der Waals surface area contributed by atoms with Crippen molar-refractivity contribution in [3.05, 3.63) is 12.2 Å². The molecule has 0 aromatic carbocycles. The summed E-state index contributed by atoms with van der Waals surface area (Å²) in [4.78, 5) is 22.0.